The first-order valence-electron chi connectivity index (χ1n) is 6.74. The normalized spacial score (nSPS) is 16.5. The lowest BCUT2D eigenvalue weighted by Crippen LogP contribution is -2.44. The van der Waals surface area contributed by atoms with E-state index in [1.807, 2.05) is 0 Å². The Labute approximate surface area is 105 Å². The molecule has 0 saturated carbocycles. The summed E-state index contributed by atoms with van der Waals surface area (Å²) in [6.07, 6.45) is 1.33. The van der Waals surface area contributed by atoms with Gasteiger partial charge in [-0.2, -0.15) is 0 Å². The van der Waals surface area contributed by atoms with Gasteiger partial charge in [0.25, 0.3) is 0 Å². The van der Waals surface area contributed by atoms with Gasteiger partial charge in [-0.25, -0.2) is 0 Å². The van der Waals surface area contributed by atoms with Gasteiger partial charge in [-0.3, -0.25) is 4.90 Å². The molecule has 1 aliphatic rings. The average molecular weight is 232 g/mol. The first-order valence-corrected chi connectivity index (χ1v) is 6.74. The quantitative estimate of drug-likeness (QED) is 0.810. The van der Waals surface area contributed by atoms with Crippen molar-refractivity contribution in [2.75, 3.05) is 19.6 Å². The molecule has 17 heavy (non-hydrogen) atoms. The Kier molecular flexibility index (Phi) is 4.57. The highest BCUT2D eigenvalue weighted by molar-refractivity contribution is 5.14. The van der Waals surface area contributed by atoms with Crippen LogP contribution in [0.2, 0.25) is 0 Å². The van der Waals surface area contributed by atoms with Gasteiger partial charge in [0.2, 0.25) is 0 Å². The van der Waals surface area contributed by atoms with Crippen molar-refractivity contribution in [3.8, 4) is 0 Å². The van der Waals surface area contributed by atoms with Crippen LogP contribution in [-0.4, -0.2) is 30.6 Å². The second-order valence-electron chi connectivity index (χ2n) is 5.36. The van der Waals surface area contributed by atoms with Crippen molar-refractivity contribution in [2.24, 2.45) is 5.92 Å². The van der Waals surface area contributed by atoms with Crippen molar-refractivity contribution < 1.29 is 0 Å². The summed E-state index contributed by atoms with van der Waals surface area (Å²) in [4.78, 5) is 2.58. The summed E-state index contributed by atoms with van der Waals surface area (Å²) in [5.41, 5.74) is 1.42. The van der Waals surface area contributed by atoms with E-state index >= 15 is 0 Å². The second-order valence-corrected chi connectivity index (χ2v) is 5.36. The SMILES string of the molecule is CC(C)N(CCC1CNC1)Cc1ccccc1. The summed E-state index contributed by atoms with van der Waals surface area (Å²) < 4.78 is 0. The Morgan fingerprint density at radius 2 is 1.94 bits per heavy atom. The van der Waals surface area contributed by atoms with Gasteiger partial charge in [0.05, 0.1) is 0 Å². The lowest BCUT2D eigenvalue weighted by atomic mass is 9.99. The van der Waals surface area contributed by atoms with Gasteiger partial charge in [-0.15, -0.1) is 0 Å². The number of hydrogen-bond acceptors (Lipinski definition) is 2. The first-order chi connectivity index (χ1) is 8.25. The summed E-state index contributed by atoms with van der Waals surface area (Å²) in [6.45, 7) is 9.33. The third-order valence-electron chi connectivity index (χ3n) is 3.65. The third-order valence-corrected chi connectivity index (χ3v) is 3.65. The van der Waals surface area contributed by atoms with Gasteiger partial charge in [0.15, 0.2) is 0 Å². The Hall–Kier alpha value is -0.860. The number of nitrogens with zero attached hydrogens (tertiary/aromatic N) is 1. The van der Waals surface area contributed by atoms with E-state index in [1.165, 1.54) is 31.6 Å². The molecule has 0 bridgehead atoms. The van der Waals surface area contributed by atoms with Crippen LogP contribution in [0.15, 0.2) is 30.3 Å². The molecular weight excluding hydrogens is 208 g/mol. The molecule has 1 aromatic rings. The van der Waals surface area contributed by atoms with Crippen molar-refractivity contribution >= 4 is 0 Å². The first kappa shape index (κ1) is 12.6. The smallest absolute Gasteiger partial charge is 0.0236 e. The molecule has 1 aliphatic heterocycles. The molecule has 0 aromatic heterocycles. The van der Waals surface area contributed by atoms with Crippen LogP contribution in [0.3, 0.4) is 0 Å². The minimum absolute atomic E-state index is 0.628. The van der Waals surface area contributed by atoms with Crippen molar-refractivity contribution in [3.63, 3.8) is 0 Å². The molecule has 0 radical (unpaired) electrons. The largest absolute Gasteiger partial charge is 0.316 e. The zero-order valence-corrected chi connectivity index (χ0v) is 11.0. The highest BCUT2D eigenvalue weighted by Crippen LogP contribution is 2.13. The second kappa shape index (κ2) is 6.18. The Balaban J connectivity index is 1.83. The van der Waals surface area contributed by atoms with Crippen LogP contribution in [0.25, 0.3) is 0 Å². The maximum atomic E-state index is 3.35. The van der Waals surface area contributed by atoms with Crippen LogP contribution in [0.5, 0.6) is 0 Å². The van der Waals surface area contributed by atoms with E-state index in [0.717, 1.165) is 12.5 Å². The molecule has 1 N–H and O–H groups in total. The molecule has 1 fully saturated rings. The molecule has 94 valence electrons. The molecule has 1 aromatic carbocycles. The van der Waals surface area contributed by atoms with E-state index in [0.29, 0.717) is 6.04 Å². The van der Waals surface area contributed by atoms with Gasteiger partial charge >= 0.3 is 0 Å². The van der Waals surface area contributed by atoms with Gasteiger partial charge < -0.3 is 5.32 Å². The molecule has 2 rings (SSSR count). The average Bonchev–Trinajstić information content (AvgIpc) is 2.26. The van der Waals surface area contributed by atoms with Crippen LogP contribution in [0.1, 0.15) is 25.8 Å². The van der Waals surface area contributed by atoms with Crippen LogP contribution in [0.4, 0.5) is 0 Å². The summed E-state index contributed by atoms with van der Waals surface area (Å²) in [5.74, 6) is 0.909. The van der Waals surface area contributed by atoms with Crippen LogP contribution in [0, 0.1) is 5.92 Å². The fraction of sp³-hybridized carbons (Fsp3) is 0.600. The van der Waals surface area contributed by atoms with E-state index in [-0.39, 0.29) is 0 Å². The van der Waals surface area contributed by atoms with Crippen LogP contribution < -0.4 is 5.32 Å². The summed E-state index contributed by atoms with van der Waals surface area (Å²) in [5, 5.41) is 3.35. The molecule has 0 amide bonds. The maximum Gasteiger partial charge on any atom is 0.0236 e. The van der Waals surface area contributed by atoms with E-state index in [4.69, 9.17) is 0 Å². The summed E-state index contributed by atoms with van der Waals surface area (Å²) in [6, 6.07) is 11.4. The Bertz CT molecular complexity index is 317. The van der Waals surface area contributed by atoms with E-state index < -0.39 is 0 Å². The minimum Gasteiger partial charge on any atom is -0.316 e. The van der Waals surface area contributed by atoms with Crippen molar-refractivity contribution in [1.29, 1.82) is 0 Å². The van der Waals surface area contributed by atoms with Gasteiger partial charge in [-0.1, -0.05) is 30.3 Å². The lowest BCUT2D eigenvalue weighted by Gasteiger charge is -2.32. The molecule has 1 saturated heterocycles. The van der Waals surface area contributed by atoms with Gasteiger partial charge in [0, 0.05) is 12.6 Å². The molecule has 1 heterocycles. The van der Waals surface area contributed by atoms with E-state index in [9.17, 15) is 0 Å². The number of benzene rings is 1. The van der Waals surface area contributed by atoms with Crippen LogP contribution >= 0.6 is 0 Å². The van der Waals surface area contributed by atoms with Crippen LogP contribution in [-0.2, 0) is 6.54 Å². The fourth-order valence-corrected chi connectivity index (χ4v) is 2.24. The molecule has 0 spiro atoms. The molecule has 0 atom stereocenters. The van der Waals surface area contributed by atoms with E-state index in [2.05, 4.69) is 54.4 Å². The minimum atomic E-state index is 0.628. The molecule has 0 aliphatic carbocycles. The predicted octanol–water partition coefficient (Wildman–Crippen LogP) is 2.51. The molecular formula is C15H24N2. The summed E-state index contributed by atoms with van der Waals surface area (Å²) in [7, 11) is 0. The summed E-state index contributed by atoms with van der Waals surface area (Å²) >= 11 is 0. The molecule has 0 unspecified atom stereocenters. The Morgan fingerprint density at radius 3 is 2.47 bits per heavy atom. The predicted molar refractivity (Wildman–Crippen MR) is 73.0 cm³/mol. The highest BCUT2D eigenvalue weighted by atomic mass is 15.1. The fourth-order valence-electron chi connectivity index (χ4n) is 2.24. The van der Waals surface area contributed by atoms with Crippen molar-refractivity contribution in [1.82, 2.24) is 10.2 Å². The zero-order valence-electron chi connectivity index (χ0n) is 11.0. The third kappa shape index (κ3) is 3.83. The van der Waals surface area contributed by atoms with Crippen molar-refractivity contribution in [2.45, 2.75) is 32.9 Å². The number of hydrogen-bond donors (Lipinski definition) is 1. The maximum absolute atomic E-state index is 3.35. The number of rotatable bonds is 6. The monoisotopic (exact) mass is 232 g/mol. The topological polar surface area (TPSA) is 15.3 Å². The Morgan fingerprint density at radius 1 is 1.24 bits per heavy atom. The highest BCUT2D eigenvalue weighted by Gasteiger charge is 2.18. The van der Waals surface area contributed by atoms with E-state index in [1.54, 1.807) is 0 Å². The lowest BCUT2D eigenvalue weighted by molar-refractivity contribution is 0.182. The van der Waals surface area contributed by atoms with Gasteiger partial charge in [-0.05, 0) is 51.4 Å². The van der Waals surface area contributed by atoms with Crippen molar-refractivity contribution in [3.05, 3.63) is 35.9 Å². The van der Waals surface area contributed by atoms with Gasteiger partial charge in [0.1, 0.15) is 0 Å². The standard InChI is InChI=1S/C15H24N2/c1-13(2)17(9-8-15-10-16-11-15)12-14-6-4-3-5-7-14/h3-7,13,15-16H,8-12H2,1-2H3. The molecule has 2 nitrogen and oxygen atoms in total. The molecule has 2 heteroatoms. The number of nitrogens with one attached hydrogen (secondary N) is 1. The zero-order chi connectivity index (χ0) is 12.1.